The molecule has 0 saturated carbocycles. The van der Waals surface area contributed by atoms with Gasteiger partial charge in [-0.3, -0.25) is 4.79 Å². The standard InChI is InChI=1S/C26H21OPS/c27-22(18-19-26-17-10-20-29-26)21-28(23-11-4-1-5-12-23,24-13-6-2-7-14-24)25-15-8-3-9-16-25/h1-21H/b19-18+. The van der Waals surface area contributed by atoms with Gasteiger partial charge in [0.15, 0.2) is 5.78 Å². The molecular weight excluding hydrogens is 391 g/mol. The summed E-state index contributed by atoms with van der Waals surface area (Å²) in [6.07, 6.45) is 3.59. The Morgan fingerprint density at radius 1 is 0.655 bits per heavy atom. The summed E-state index contributed by atoms with van der Waals surface area (Å²) in [6, 6.07) is 35.2. The summed E-state index contributed by atoms with van der Waals surface area (Å²) in [7, 11) is 0. The quantitative estimate of drug-likeness (QED) is 0.317. The molecule has 0 aliphatic heterocycles. The summed E-state index contributed by atoms with van der Waals surface area (Å²) < 4.78 is 0. The number of carbonyl (C=O) groups excluding carboxylic acids is 1. The minimum absolute atomic E-state index is 0.0308. The lowest BCUT2D eigenvalue weighted by Gasteiger charge is -2.28. The number of ketones is 1. The Hall–Kier alpha value is -2.93. The van der Waals surface area contributed by atoms with Crippen LogP contribution in [0.25, 0.3) is 6.08 Å². The van der Waals surface area contributed by atoms with E-state index in [-0.39, 0.29) is 5.78 Å². The fourth-order valence-corrected chi connectivity index (χ4v) is 7.80. The van der Waals surface area contributed by atoms with Crippen molar-refractivity contribution >= 4 is 51.8 Å². The van der Waals surface area contributed by atoms with E-state index in [0.717, 1.165) is 4.88 Å². The molecular formula is C26H21OPS. The van der Waals surface area contributed by atoms with Gasteiger partial charge in [-0.25, -0.2) is 0 Å². The van der Waals surface area contributed by atoms with Crippen LogP contribution in [0, 0.1) is 0 Å². The molecule has 0 amide bonds. The van der Waals surface area contributed by atoms with Crippen LogP contribution in [0.15, 0.2) is 115 Å². The number of carbonyl (C=O) groups is 1. The van der Waals surface area contributed by atoms with Gasteiger partial charge in [0.2, 0.25) is 0 Å². The Morgan fingerprint density at radius 2 is 1.14 bits per heavy atom. The maximum absolute atomic E-state index is 13.2. The van der Waals surface area contributed by atoms with E-state index in [1.807, 2.05) is 47.6 Å². The number of thiophene rings is 1. The lowest BCUT2D eigenvalue weighted by molar-refractivity contribution is -0.108. The van der Waals surface area contributed by atoms with E-state index in [1.165, 1.54) is 15.9 Å². The highest BCUT2D eigenvalue weighted by molar-refractivity contribution is 7.95. The first-order chi connectivity index (χ1) is 14.3. The Balaban J connectivity index is 1.96. The van der Waals surface area contributed by atoms with Crippen LogP contribution in [0.4, 0.5) is 0 Å². The van der Waals surface area contributed by atoms with E-state index >= 15 is 0 Å². The highest BCUT2D eigenvalue weighted by Crippen LogP contribution is 2.43. The first-order valence-corrected chi connectivity index (χ1v) is 12.2. The molecule has 0 aliphatic rings. The lowest BCUT2D eigenvalue weighted by Crippen LogP contribution is -2.28. The van der Waals surface area contributed by atoms with Gasteiger partial charge in [-0.1, -0.05) is 97.1 Å². The van der Waals surface area contributed by atoms with Crippen molar-refractivity contribution in [3.8, 4) is 0 Å². The van der Waals surface area contributed by atoms with E-state index in [4.69, 9.17) is 0 Å². The van der Waals surface area contributed by atoms with Gasteiger partial charge in [0, 0.05) is 4.88 Å². The molecule has 4 aromatic rings. The molecule has 142 valence electrons. The van der Waals surface area contributed by atoms with E-state index < -0.39 is 6.89 Å². The van der Waals surface area contributed by atoms with Crippen molar-refractivity contribution in [3.63, 3.8) is 0 Å². The SMILES string of the molecule is O=C(C=P(c1ccccc1)(c1ccccc1)c1ccccc1)/C=C/c1cccs1. The first-order valence-electron chi connectivity index (χ1n) is 9.46. The highest BCUT2D eigenvalue weighted by Gasteiger charge is 2.25. The van der Waals surface area contributed by atoms with Crippen LogP contribution in [-0.4, -0.2) is 11.6 Å². The fourth-order valence-electron chi connectivity index (χ4n) is 3.44. The minimum Gasteiger partial charge on any atom is -0.290 e. The van der Waals surface area contributed by atoms with E-state index in [2.05, 4.69) is 72.8 Å². The van der Waals surface area contributed by atoms with Crippen LogP contribution in [0.3, 0.4) is 0 Å². The van der Waals surface area contributed by atoms with Gasteiger partial charge in [0.1, 0.15) is 0 Å². The zero-order valence-corrected chi connectivity index (χ0v) is 17.6. The van der Waals surface area contributed by atoms with Crippen molar-refractivity contribution < 1.29 is 4.79 Å². The van der Waals surface area contributed by atoms with Crippen molar-refractivity contribution in [2.45, 2.75) is 0 Å². The topological polar surface area (TPSA) is 17.1 Å². The average Bonchev–Trinajstić information content (AvgIpc) is 3.32. The number of hydrogen-bond acceptors (Lipinski definition) is 2. The monoisotopic (exact) mass is 412 g/mol. The maximum atomic E-state index is 13.2. The predicted octanol–water partition coefficient (Wildman–Crippen LogP) is 5.13. The third kappa shape index (κ3) is 4.24. The smallest absolute Gasteiger partial charge is 0.179 e. The Bertz CT molecular complexity index is 1040. The molecule has 0 N–H and O–H groups in total. The van der Waals surface area contributed by atoms with Crippen LogP contribution >= 0.6 is 18.2 Å². The summed E-state index contributed by atoms with van der Waals surface area (Å²) in [5.74, 6) is 1.99. The van der Waals surface area contributed by atoms with Crippen LogP contribution < -0.4 is 15.9 Å². The van der Waals surface area contributed by atoms with E-state index in [9.17, 15) is 4.79 Å². The van der Waals surface area contributed by atoms with Crippen molar-refractivity contribution in [2.24, 2.45) is 0 Å². The summed E-state index contributed by atoms with van der Waals surface area (Å²) in [5.41, 5.74) is 0. The lowest BCUT2D eigenvalue weighted by atomic mass is 10.3. The van der Waals surface area contributed by atoms with E-state index in [1.54, 1.807) is 17.4 Å². The van der Waals surface area contributed by atoms with Gasteiger partial charge in [0.05, 0.1) is 0 Å². The van der Waals surface area contributed by atoms with Crippen LogP contribution in [-0.2, 0) is 4.79 Å². The molecule has 3 heteroatoms. The second kappa shape index (κ2) is 9.05. The molecule has 0 spiro atoms. The molecule has 4 rings (SSSR count). The van der Waals surface area contributed by atoms with Gasteiger partial charge in [-0.15, -0.1) is 11.3 Å². The molecule has 0 bridgehead atoms. The van der Waals surface area contributed by atoms with Gasteiger partial charge in [-0.2, -0.15) is 0 Å². The minimum atomic E-state index is -2.24. The van der Waals surface area contributed by atoms with Gasteiger partial charge < -0.3 is 0 Å². The van der Waals surface area contributed by atoms with Gasteiger partial charge in [0.25, 0.3) is 0 Å². The third-order valence-electron chi connectivity index (χ3n) is 4.77. The summed E-state index contributed by atoms with van der Waals surface area (Å²) >= 11 is 1.63. The molecule has 29 heavy (non-hydrogen) atoms. The molecule has 0 unspecified atom stereocenters. The first kappa shape index (κ1) is 19.4. The zero-order valence-electron chi connectivity index (χ0n) is 15.9. The molecule has 0 radical (unpaired) electrons. The molecule has 0 atom stereocenters. The zero-order chi connectivity index (χ0) is 19.9. The van der Waals surface area contributed by atoms with Gasteiger partial charge in [-0.05, 0) is 52.2 Å². The Labute approximate surface area is 176 Å². The molecule has 0 aliphatic carbocycles. The Morgan fingerprint density at radius 3 is 1.55 bits per heavy atom. The molecule has 3 aromatic carbocycles. The third-order valence-corrected chi connectivity index (χ3v) is 9.58. The van der Waals surface area contributed by atoms with Crippen LogP contribution in [0.2, 0.25) is 0 Å². The summed E-state index contributed by atoms with van der Waals surface area (Å²) in [6.45, 7) is -2.24. The average molecular weight is 412 g/mol. The number of benzene rings is 3. The fraction of sp³-hybridized carbons (Fsp3) is 0. The highest BCUT2D eigenvalue weighted by atomic mass is 32.1. The second-order valence-electron chi connectivity index (χ2n) is 6.61. The maximum Gasteiger partial charge on any atom is 0.179 e. The number of hydrogen-bond donors (Lipinski definition) is 0. The van der Waals surface area contributed by atoms with Crippen LogP contribution in [0.1, 0.15) is 4.88 Å². The van der Waals surface area contributed by atoms with Crippen molar-refractivity contribution in [1.82, 2.24) is 0 Å². The predicted molar refractivity (Wildman–Crippen MR) is 130 cm³/mol. The summed E-state index contributed by atoms with van der Waals surface area (Å²) in [5, 5.41) is 5.55. The van der Waals surface area contributed by atoms with Gasteiger partial charge >= 0.3 is 0 Å². The summed E-state index contributed by atoms with van der Waals surface area (Å²) in [4.78, 5) is 14.2. The molecule has 0 saturated heterocycles. The number of rotatable bonds is 6. The molecule has 1 nitrogen and oxygen atoms in total. The second-order valence-corrected chi connectivity index (χ2v) is 10.8. The van der Waals surface area contributed by atoms with Crippen molar-refractivity contribution in [1.29, 1.82) is 0 Å². The Kier molecular flexibility index (Phi) is 6.05. The van der Waals surface area contributed by atoms with Crippen LogP contribution in [0.5, 0.6) is 0 Å². The van der Waals surface area contributed by atoms with E-state index in [0.29, 0.717) is 0 Å². The largest absolute Gasteiger partial charge is 0.290 e. The van der Waals surface area contributed by atoms with Crippen molar-refractivity contribution in [3.05, 3.63) is 119 Å². The normalized spacial score (nSPS) is 11.4. The molecule has 1 heterocycles. The number of allylic oxidation sites excluding steroid dienone is 1. The molecule has 0 fully saturated rings. The molecule has 1 aromatic heterocycles. The van der Waals surface area contributed by atoms with Crippen molar-refractivity contribution in [2.75, 3.05) is 0 Å².